The molecule has 5 aromatic rings. The van der Waals surface area contributed by atoms with Gasteiger partial charge in [0, 0.05) is 44.4 Å². The number of unbranched alkanes of at least 4 members (excludes halogenated alkanes) is 3. The third-order valence-electron chi connectivity index (χ3n) is 26.3. The number of benzene rings is 2. The number of aromatic nitrogens is 9. The smallest absolute Gasteiger partial charge is 0.407 e. The monoisotopic (exact) mass is 2100 g/mol. The molecular formula is C98H145N17O34. The van der Waals surface area contributed by atoms with Crippen LogP contribution in [-0.2, 0) is 196 Å². The van der Waals surface area contributed by atoms with Crippen LogP contribution in [-0.4, -0.2) is 411 Å². The maximum absolute atomic E-state index is 14.6. The van der Waals surface area contributed by atoms with Crippen LogP contribution in [0.15, 0.2) is 72.2 Å². The van der Waals surface area contributed by atoms with E-state index in [4.69, 9.17) is 133 Å². The van der Waals surface area contributed by atoms with Crippen molar-refractivity contribution in [2.75, 3.05) is 211 Å². The predicted octanol–water partition coefficient (Wildman–Crippen LogP) is 3.04. The number of ketones is 1. The highest BCUT2D eigenvalue weighted by Gasteiger charge is 2.69. The van der Waals surface area contributed by atoms with Crippen molar-refractivity contribution in [3.8, 4) is 11.1 Å². The normalized spacial score (nSPS) is 26.0. The lowest BCUT2D eigenvalue weighted by molar-refractivity contribution is -0.214. The lowest BCUT2D eigenvalue weighted by Gasteiger charge is -2.42. The van der Waals surface area contributed by atoms with Crippen LogP contribution in [0.25, 0.3) is 21.6 Å². The Morgan fingerprint density at radius 2 is 0.758 bits per heavy atom. The second kappa shape index (κ2) is 55.1. The molecule has 3 aromatic heterocycles. The van der Waals surface area contributed by atoms with Crippen molar-refractivity contribution in [3.05, 3.63) is 106 Å². The summed E-state index contributed by atoms with van der Waals surface area (Å²) in [6, 6.07) is 13.2. The van der Waals surface area contributed by atoms with Crippen LogP contribution in [0.1, 0.15) is 135 Å². The number of azide groups is 1. The Morgan fingerprint density at radius 3 is 1.10 bits per heavy atom. The molecule has 9 fully saturated rings. The second-order valence-corrected chi connectivity index (χ2v) is 39.5. The number of hydrogen-bond acceptors (Lipinski definition) is 41. The molecule has 9 aliphatic heterocycles. The molecule has 826 valence electrons. The topological polar surface area (TPSA) is 562 Å². The number of nitrogens with one attached hydrogen (secondary N) is 5. The lowest BCUT2D eigenvalue weighted by Crippen LogP contribution is -2.65. The zero-order valence-corrected chi connectivity index (χ0v) is 86.3. The Balaban J connectivity index is 0.507. The van der Waals surface area contributed by atoms with E-state index in [0.717, 1.165) is 22.3 Å². The van der Waals surface area contributed by atoms with E-state index < -0.39 is 125 Å². The van der Waals surface area contributed by atoms with Gasteiger partial charge in [-0.05, 0) is 82.2 Å². The van der Waals surface area contributed by atoms with E-state index in [2.05, 4.69) is 67.5 Å². The van der Waals surface area contributed by atoms with Gasteiger partial charge in [-0.1, -0.05) is 82.1 Å². The maximum Gasteiger partial charge on any atom is 0.407 e. The van der Waals surface area contributed by atoms with Crippen molar-refractivity contribution < 1.29 is 161 Å². The van der Waals surface area contributed by atoms with E-state index in [1.807, 2.05) is 90.1 Å². The SMILES string of the molecule is CC(=O)N[C@H]1[C@H]2OC[C@](COCCOCCOCCOCCn3cc(COCC(COCc4cn(CCOCCOCCOCCOC[C@@]56CO[C@@H](O5)[C@H](NC(C)=O)[C@H]5OC(C)(C)O[C@H]56)nn4)(COCc4cn(CCOCCOCCOCCOC[C@@]56CO[C@@H](O5)[C@H](NC(C)=O)[C@H]5OC(C)(C)O[C@H]56)nn4)NC(=O)CCCCCCC(=O)[C@H](CN=[N+]=[N-])NC(=O)OCC4c5ccccc5-c5ccccc54)nn3)(O2)[C@@H]2OC(C)(C)O[C@H]12. The first-order valence-electron chi connectivity index (χ1n) is 51.1. The molecule has 10 aliphatic rings. The quantitative estimate of drug-likeness (QED) is 0.0162. The molecule has 0 spiro atoms. The zero-order valence-electron chi connectivity index (χ0n) is 86.3. The van der Waals surface area contributed by atoms with Gasteiger partial charge in [0.25, 0.3) is 0 Å². The number of rotatable bonds is 71. The standard InChI is InChI=1S/C98H145N17O34/c1-65(116)101-79-82-85(144-92(4,5)141-82)96(62-138-88(79)147-96)59-131-45-42-128-39-36-125-33-30-122-27-24-113-49-68(106-110-113)52-134-56-95(105-78(120)23-13-11-10-12-22-77(119)76(48-100-109-99)104-91(121)137-55-75-73-20-16-14-18-71(73)72-19-15-17-21-74(72)75,57-135-53-69-50-114(111-107-69)25-28-123-31-34-126-37-40-129-43-46-132-60-97-63-139-89(148-97)80(102-66(2)117)83-86(97)145-93(6,7)142-83)58-136-54-70-51-115(112-108-70)26-29-124-32-35-127-38-41-130-44-47-133-61-98-64-140-90(149-98)81(103-67(3)118)84-87(98)146-94(8,9)143-84/h14-21,49-51,75-76,79-90H,10-13,22-48,52-64H2,1-9H3,(H,101,116)(H,102,117)(H,103,118)(H,104,121)(H,105,120)/t76-,79+,80+,81+,82+,83+,84+,85+,86+,87+,88-,89-,90-,96-,97-,98-/m0/s1. The molecular weight excluding hydrogens is 1960 g/mol. The first kappa shape index (κ1) is 114. The molecule has 6 bridgehead atoms. The minimum atomic E-state index is -1.37. The van der Waals surface area contributed by atoms with Crippen LogP contribution >= 0.6 is 0 Å². The Bertz CT molecular complexity index is 4720. The average Bonchev–Trinajstić information content (AvgIpc) is 1.57. The van der Waals surface area contributed by atoms with Crippen molar-refractivity contribution in [1.29, 1.82) is 0 Å². The number of amides is 5. The molecule has 149 heavy (non-hydrogen) atoms. The molecule has 5 N–H and O–H groups in total. The van der Waals surface area contributed by atoms with Crippen molar-refractivity contribution in [2.45, 2.75) is 266 Å². The second-order valence-electron chi connectivity index (χ2n) is 39.5. The summed E-state index contributed by atoms with van der Waals surface area (Å²) in [4.78, 5) is 80.6. The van der Waals surface area contributed by atoms with Gasteiger partial charge >= 0.3 is 6.09 Å². The highest BCUT2D eigenvalue weighted by atomic mass is 16.8. The number of Topliss-reactive ketones (excluding diaryl/α,β-unsaturated/α-hetero) is 1. The number of fused-ring (bicyclic) bond motifs is 15. The molecule has 15 rings (SSSR count). The number of nitrogens with zero attached hydrogens (tertiary/aromatic N) is 12. The largest absolute Gasteiger partial charge is 0.449 e. The van der Waals surface area contributed by atoms with E-state index in [9.17, 15) is 34.3 Å². The molecule has 0 radical (unpaired) electrons. The highest BCUT2D eigenvalue weighted by Crippen LogP contribution is 2.51. The fourth-order valence-electron chi connectivity index (χ4n) is 19.6. The Kier molecular flexibility index (Phi) is 42.2. The minimum absolute atomic E-state index is 0.0244. The number of alkyl carbamates (subject to hydrolysis) is 1. The predicted molar refractivity (Wildman–Crippen MR) is 513 cm³/mol. The fraction of sp³-hybridized carbons (Fsp3) is 0.755. The molecule has 1 aliphatic carbocycles. The van der Waals surface area contributed by atoms with Crippen LogP contribution in [0.2, 0.25) is 0 Å². The van der Waals surface area contributed by atoms with E-state index in [0.29, 0.717) is 181 Å². The van der Waals surface area contributed by atoms with Gasteiger partial charge in [-0.15, -0.1) is 15.3 Å². The average molecular weight is 2110 g/mol. The van der Waals surface area contributed by atoms with Crippen LogP contribution in [0, 0.1) is 0 Å². The van der Waals surface area contributed by atoms with E-state index >= 15 is 0 Å². The van der Waals surface area contributed by atoms with Gasteiger partial charge in [0.2, 0.25) is 23.6 Å². The maximum atomic E-state index is 14.6. The molecule has 51 heteroatoms. The fourth-order valence-corrected chi connectivity index (χ4v) is 19.6. The zero-order chi connectivity index (χ0) is 105. The third kappa shape index (κ3) is 32.3. The number of carbonyl (C=O) groups is 6. The van der Waals surface area contributed by atoms with Gasteiger partial charge < -0.3 is 159 Å². The Morgan fingerprint density at radius 1 is 0.430 bits per heavy atom. The van der Waals surface area contributed by atoms with Crippen LogP contribution in [0.5, 0.6) is 0 Å². The van der Waals surface area contributed by atoms with Crippen LogP contribution in [0.4, 0.5) is 4.79 Å². The Hall–Kier alpha value is -9.09. The first-order valence-corrected chi connectivity index (χ1v) is 51.1. The van der Waals surface area contributed by atoms with Gasteiger partial charge in [-0.2, -0.15) is 0 Å². The van der Waals surface area contributed by atoms with Gasteiger partial charge in [0.05, 0.1) is 269 Å². The molecule has 5 amide bonds. The summed E-state index contributed by atoms with van der Waals surface area (Å²) in [5, 5.41) is 44.3. The lowest BCUT2D eigenvalue weighted by atomic mass is 9.88. The van der Waals surface area contributed by atoms with E-state index in [1.165, 1.54) is 20.8 Å². The molecule has 16 atom stereocenters. The van der Waals surface area contributed by atoms with Gasteiger partial charge in [0.1, 0.15) is 101 Å². The number of hydrogen-bond donors (Lipinski definition) is 5. The summed E-state index contributed by atoms with van der Waals surface area (Å²) >= 11 is 0. The summed E-state index contributed by atoms with van der Waals surface area (Å²) in [7, 11) is 0. The van der Waals surface area contributed by atoms with Crippen molar-refractivity contribution in [1.82, 2.24) is 71.6 Å². The van der Waals surface area contributed by atoms with Crippen molar-refractivity contribution >= 4 is 35.5 Å². The molecule has 2 aromatic carbocycles. The molecule has 0 saturated carbocycles. The number of carbonyl (C=O) groups excluding carboxylic acids is 6. The van der Waals surface area contributed by atoms with E-state index in [1.54, 1.807) is 32.6 Å². The first-order chi connectivity index (χ1) is 72.1. The van der Waals surface area contributed by atoms with Gasteiger partial charge in [-0.3, -0.25) is 24.0 Å². The van der Waals surface area contributed by atoms with Crippen LogP contribution < -0.4 is 26.6 Å². The van der Waals surface area contributed by atoms with Crippen LogP contribution in [0.3, 0.4) is 0 Å². The van der Waals surface area contributed by atoms with Gasteiger partial charge in [0.15, 0.2) is 42.0 Å². The van der Waals surface area contributed by atoms with E-state index in [-0.39, 0.29) is 160 Å². The van der Waals surface area contributed by atoms with Gasteiger partial charge in [-0.25, -0.2) is 18.8 Å². The molecule has 51 nitrogen and oxygen atoms in total. The third-order valence-corrected chi connectivity index (χ3v) is 26.3. The van der Waals surface area contributed by atoms with Crippen molar-refractivity contribution in [2.24, 2.45) is 5.11 Å². The van der Waals surface area contributed by atoms with Crippen molar-refractivity contribution in [3.63, 3.8) is 0 Å². The summed E-state index contributed by atoms with van der Waals surface area (Å²) in [6.07, 6.45) is 1.28. The summed E-state index contributed by atoms with van der Waals surface area (Å²) in [5.41, 5.74) is 10.8. The summed E-state index contributed by atoms with van der Waals surface area (Å²) < 4.78 is 175. The summed E-state index contributed by atoms with van der Waals surface area (Å²) in [6.45, 7) is 23.1. The highest BCUT2D eigenvalue weighted by molar-refractivity contribution is 5.88. The summed E-state index contributed by atoms with van der Waals surface area (Å²) in [5.74, 6) is -4.25. The molecule has 9 saturated heterocycles. The number of ether oxygens (including phenoxy) is 28. The molecule has 12 heterocycles. The minimum Gasteiger partial charge on any atom is -0.449 e. The Labute approximate surface area is 863 Å². The molecule has 0 unspecified atom stereocenters.